The van der Waals surface area contributed by atoms with Crippen molar-refractivity contribution in [2.75, 3.05) is 19.6 Å². The Morgan fingerprint density at radius 2 is 1.43 bits per heavy atom. The van der Waals surface area contributed by atoms with Crippen LogP contribution in [-0.4, -0.2) is 59.8 Å². The molecule has 0 N–H and O–H groups in total. The number of carbonyl (C=O) groups excluding carboxylic acids is 1. The van der Waals surface area contributed by atoms with Crippen molar-refractivity contribution >= 4 is 17.9 Å². The lowest BCUT2D eigenvalue weighted by atomic mass is 10.1. The molecule has 0 saturated carbocycles. The minimum Gasteiger partial charge on any atom is -0.358 e. The van der Waals surface area contributed by atoms with E-state index in [1.165, 1.54) is 36.1 Å². The van der Waals surface area contributed by atoms with Gasteiger partial charge in [0, 0.05) is 6.54 Å². The average molecular weight is 421 g/mol. The number of carbonyl (C=O) groups is 1. The van der Waals surface area contributed by atoms with Gasteiger partial charge in [0.05, 0.1) is 11.1 Å². The molecular formula is C18H27N7O5. The van der Waals surface area contributed by atoms with E-state index in [1.807, 2.05) is 4.57 Å². The SMILES string of the molecule is CC(C)(C=O)n1cnc([N+](=O)[O-])c1.CC(C)(CN1CCCC1)n1cnc([N+](=O)[O-])c1. The quantitative estimate of drug-likeness (QED) is 0.376. The van der Waals surface area contributed by atoms with Gasteiger partial charge in [0.15, 0.2) is 0 Å². The van der Waals surface area contributed by atoms with Crippen molar-refractivity contribution < 1.29 is 14.6 Å². The van der Waals surface area contributed by atoms with Crippen molar-refractivity contribution in [1.29, 1.82) is 0 Å². The van der Waals surface area contributed by atoms with Crippen molar-refractivity contribution in [2.45, 2.75) is 51.6 Å². The first-order valence-corrected chi connectivity index (χ1v) is 9.53. The van der Waals surface area contributed by atoms with Crippen molar-refractivity contribution in [1.82, 2.24) is 24.0 Å². The zero-order valence-corrected chi connectivity index (χ0v) is 17.6. The van der Waals surface area contributed by atoms with Gasteiger partial charge >= 0.3 is 11.6 Å². The standard InChI is InChI=1S/C11H18N4O2.C7H9N3O3/c1-11(2,8-13-5-3-4-6-13)14-7-10(12-9-14)15(16)17;1-7(2,4-11)9-3-6(8-5-9)10(12)13/h7,9H,3-6,8H2,1-2H3;3-5H,1-2H3. The average Bonchev–Trinajstić information content (AvgIpc) is 3.42. The predicted molar refractivity (Wildman–Crippen MR) is 108 cm³/mol. The van der Waals surface area contributed by atoms with Gasteiger partial charge < -0.3 is 34.5 Å². The number of nitro groups is 2. The summed E-state index contributed by atoms with van der Waals surface area (Å²) in [6.07, 6.45) is 8.77. The van der Waals surface area contributed by atoms with Crippen molar-refractivity contribution in [3.05, 3.63) is 45.3 Å². The Kier molecular flexibility index (Phi) is 7.03. The maximum absolute atomic E-state index is 10.6. The monoisotopic (exact) mass is 421 g/mol. The van der Waals surface area contributed by atoms with Crippen LogP contribution in [-0.2, 0) is 15.9 Å². The molecule has 2 aromatic heterocycles. The highest BCUT2D eigenvalue weighted by Gasteiger charge is 2.27. The second-order valence-corrected chi connectivity index (χ2v) is 8.36. The fraction of sp³-hybridized carbons (Fsp3) is 0.611. The lowest BCUT2D eigenvalue weighted by Crippen LogP contribution is -2.39. The molecule has 12 heteroatoms. The number of aldehydes is 1. The first-order valence-electron chi connectivity index (χ1n) is 9.53. The van der Waals surface area contributed by atoms with Crippen LogP contribution in [0.3, 0.4) is 0 Å². The summed E-state index contributed by atoms with van der Waals surface area (Å²) in [5.74, 6) is -0.338. The fourth-order valence-electron chi connectivity index (χ4n) is 3.09. The van der Waals surface area contributed by atoms with E-state index >= 15 is 0 Å². The summed E-state index contributed by atoms with van der Waals surface area (Å²) in [6.45, 7) is 10.6. The first kappa shape index (κ1) is 23.1. The topological polar surface area (TPSA) is 142 Å². The summed E-state index contributed by atoms with van der Waals surface area (Å²) < 4.78 is 3.24. The molecule has 0 bridgehead atoms. The Morgan fingerprint density at radius 1 is 0.967 bits per heavy atom. The molecule has 2 aromatic rings. The number of likely N-dealkylation sites (tertiary alicyclic amines) is 1. The second kappa shape index (κ2) is 9.11. The molecule has 1 aliphatic rings. The van der Waals surface area contributed by atoms with Crippen molar-refractivity contribution in [3.8, 4) is 0 Å². The van der Waals surface area contributed by atoms with Crippen molar-refractivity contribution in [3.63, 3.8) is 0 Å². The normalized spacial score (nSPS) is 14.8. The number of hydrogen-bond acceptors (Lipinski definition) is 8. The smallest absolute Gasteiger partial charge is 0.358 e. The lowest BCUT2D eigenvalue weighted by Gasteiger charge is -2.30. The zero-order valence-electron chi connectivity index (χ0n) is 17.6. The zero-order chi connectivity index (χ0) is 22.5. The Labute approximate surface area is 173 Å². The lowest BCUT2D eigenvalue weighted by molar-refractivity contribution is -0.389. The highest BCUT2D eigenvalue weighted by atomic mass is 16.6. The van der Waals surface area contributed by atoms with Crippen LogP contribution >= 0.6 is 0 Å². The molecule has 30 heavy (non-hydrogen) atoms. The van der Waals surface area contributed by atoms with Crippen LogP contribution in [0, 0.1) is 20.2 Å². The van der Waals surface area contributed by atoms with Gasteiger partial charge in [0.1, 0.15) is 18.7 Å². The molecule has 0 unspecified atom stereocenters. The summed E-state index contributed by atoms with van der Waals surface area (Å²) in [4.78, 5) is 40.1. The van der Waals surface area contributed by atoms with E-state index in [1.54, 1.807) is 20.2 Å². The number of imidazole rings is 2. The molecule has 0 amide bonds. The Morgan fingerprint density at radius 3 is 1.87 bits per heavy atom. The molecule has 164 valence electrons. The van der Waals surface area contributed by atoms with E-state index in [2.05, 4.69) is 28.7 Å². The van der Waals surface area contributed by atoms with Crippen LogP contribution in [0.5, 0.6) is 0 Å². The molecule has 0 radical (unpaired) electrons. The van der Waals surface area contributed by atoms with Gasteiger partial charge in [-0.1, -0.05) is 0 Å². The van der Waals surface area contributed by atoms with Crippen LogP contribution in [0.25, 0.3) is 0 Å². The molecule has 0 aromatic carbocycles. The number of nitrogens with zero attached hydrogens (tertiary/aromatic N) is 7. The minimum atomic E-state index is -0.790. The number of aromatic nitrogens is 4. The summed E-state index contributed by atoms with van der Waals surface area (Å²) in [6, 6.07) is 0. The highest BCUT2D eigenvalue weighted by molar-refractivity contribution is 5.60. The van der Waals surface area contributed by atoms with E-state index in [0.29, 0.717) is 6.29 Å². The molecule has 3 heterocycles. The number of hydrogen-bond donors (Lipinski definition) is 0. The Hall–Kier alpha value is -3.15. The van der Waals surface area contributed by atoms with E-state index in [0.717, 1.165) is 19.6 Å². The summed E-state index contributed by atoms with van der Waals surface area (Å²) >= 11 is 0. The molecule has 1 saturated heterocycles. The van der Waals surface area contributed by atoms with Gasteiger partial charge in [-0.05, 0) is 73.4 Å². The van der Waals surface area contributed by atoms with Gasteiger partial charge in [0.25, 0.3) is 0 Å². The molecule has 3 rings (SSSR count). The summed E-state index contributed by atoms with van der Waals surface area (Å²) in [5, 5.41) is 20.9. The van der Waals surface area contributed by atoms with Gasteiger partial charge in [0.2, 0.25) is 12.7 Å². The van der Waals surface area contributed by atoms with Crippen LogP contribution in [0.15, 0.2) is 25.0 Å². The van der Waals surface area contributed by atoms with Gasteiger partial charge in [-0.3, -0.25) is 4.57 Å². The molecule has 1 aliphatic heterocycles. The third-order valence-corrected chi connectivity index (χ3v) is 4.97. The molecule has 1 fully saturated rings. The van der Waals surface area contributed by atoms with Crippen LogP contribution in [0.2, 0.25) is 0 Å². The Balaban J connectivity index is 0.000000222. The number of rotatable bonds is 7. The highest BCUT2D eigenvalue weighted by Crippen LogP contribution is 2.22. The molecule has 12 nitrogen and oxygen atoms in total. The largest absolute Gasteiger partial charge is 0.381 e. The van der Waals surface area contributed by atoms with E-state index in [9.17, 15) is 25.0 Å². The Bertz CT molecular complexity index is 896. The van der Waals surface area contributed by atoms with Crippen LogP contribution in [0.1, 0.15) is 40.5 Å². The third-order valence-electron chi connectivity index (χ3n) is 4.97. The van der Waals surface area contributed by atoms with Gasteiger partial charge in [-0.15, -0.1) is 0 Å². The van der Waals surface area contributed by atoms with Crippen LogP contribution < -0.4 is 0 Å². The second-order valence-electron chi connectivity index (χ2n) is 8.36. The fourth-order valence-corrected chi connectivity index (χ4v) is 3.09. The minimum absolute atomic E-state index is 0.0838. The van der Waals surface area contributed by atoms with E-state index < -0.39 is 15.4 Å². The van der Waals surface area contributed by atoms with Gasteiger partial charge in [-0.25, -0.2) is 0 Å². The maximum atomic E-state index is 10.6. The van der Waals surface area contributed by atoms with Crippen molar-refractivity contribution in [2.24, 2.45) is 0 Å². The first-order chi connectivity index (χ1) is 14.0. The third kappa shape index (κ3) is 5.69. The van der Waals surface area contributed by atoms with Crippen LogP contribution in [0.4, 0.5) is 11.6 Å². The summed E-state index contributed by atoms with van der Waals surface area (Å²) in [7, 11) is 0. The molecule has 0 spiro atoms. The molecule has 0 aliphatic carbocycles. The molecular weight excluding hydrogens is 394 g/mol. The van der Waals surface area contributed by atoms with Gasteiger partial charge in [-0.2, -0.15) is 0 Å². The predicted octanol–water partition coefficient (Wildman–Crippen LogP) is 2.35. The van der Waals surface area contributed by atoms with E-state index in [4.69, 9.17) is 0 Å². The maximum Gasteiger partial charge on any atom is 0.381 e. The summed E-state index contributed by atoms with van der Waals surface area (Å²) in [5.41, 5.74) is -0.952. The van der Waals surface area contributed by atoms with E-state index in [-0.39, 0.29) is 17.2 Å². The molecule has 0 atom stereocenters.